The first kappa shape index (κ1) is 17.7. The topological polar surface area (TPSA) is 93.4 Å². The van der Waals surface area contributed by atoms with Gasteiger partial charge in [0.05, 0.1) is 33.8 Å². The Morgan fingerprint density at radius 2 is 2.00 bits per heavy atom. The van der Waals surface area contributed by atoms with Crippen LogP contribution < -0.4 is 0 Å². The lowest BCUT2D eigenvalue weighted by atomic mass is 10.0. The van der Waals surface area contributed by atoms with Crippen LogP contribution >= 0.6 is 0 Å². The third-order valence-electron chi connectivity index (χ3n) is 4.99. The molecule has 0 spiro atoms. The van der Waals surface area contributed by atoms with Crippen LogP contribution in [-0.2, 0) is 9.84 Å². The van der Waals surface area contributed by atoms with E-state index in [1.807, 2.05) is 30.3 Å². The van der Waals surface area contributed by atoms with Gasteiger partial charge in [0.15, 0.2) is 9.84 Å². The van der Waals surface area contributed by atoms with Crippen molar-refractivity contribution in [2.75, 3.05) is 18.6 Å². The second-order valence-corrected chi connectivity index (χ2v) is 9.07. The van der Waals surface area contributed by atoms with E-state index < -0.39 is 9.84 Å². The van der Waals surface area contributed by atoms with Gasteiger partial charge in [-0.3, -0.25) is 4.79 Å². The summed E-state index contributed by atoms with van der Waals surface area (Å²) in [4.78, 5) is 19.2. The number of benzene rings is 1. The maximum Gasteiger partial charge on any atom is 0.259 e. The Morgan fingerprint density at radius 3 is 2.67 bits per heavy atom. The minimum Gasteiger partial charge on any atom is -0.338 e. The lowest BCUT2D eigenvalue weighted by Gasteiger charge is -2.24. The van der Waals surface area contributed by atoms with Crippen LogP contribution in [0.25, 0.3) is 22.4 Å². The maximum atomic E-state index is 13.2. The van der Waals surface area contributed by atoms with E-state index in [1.54, 1.807) is 20.0 Å². The molecule has 1 aromatic carbocycles. The number of carbonyl (C=O) groups excluding carboxylic acids is 1. The average Bonchev–Trinajstić information content (AvgIpc) is 3.23. The summed E-state index contributed by atoms with van der Waals surface area (Å²) >= 11 is 0. The zero-order valence-corrected chi connectivity index (χ0v) is 15.9. The summed E-state index contributed by atoms with van der Waals surface area (Å²) in [6.07, 6.45) is 0.451. The van der Waals surface area contributed by atoms with Gasteiger partial charge in [0.2, 0.25) is 0 Å². The van der Waals surface area contributed by atoms with Crippen molar-refractivity contribution in [2.45, 2.75) is 19.4 Å². The van der Waals surface area contributed by atoms with Gasteiger partial charge < -0.3 is 9.42 Å². The molecule has 1 aliphatic rings. The largest absolute Gasteiger partial charge is 0.338 e. The lowest BCUT2D eigenvalue weighted by molar-refractivity contribution is 0.0749. The molecule has 1 unspecified atom stereocenters. The monoisotopic (exact) mass is 385 g/mol. The highest BCUT2D eigenvalue weighted by Gasteiger charge is 2.34. The molecule has 27 heavy (non-hydrogen) atoms. The Labute approximate surface area is 156 Å². The number of sulfone groups is 1. The van der Waals surface area contributed by atoms with Gasteiger partial charge in [-0.2, -0.15) is 0 Å². The number of nitrogens with zero attached hydrogens (tertiary/aromatic N) is 3. The Morgan fingerprint density at radius 1 is 1.26 bits per heavy atom. The van der Waals surface area contributed by atoms with Crippen LogP contribution in [0.1, 0.15) is 22.5 Å². The zero-order chi connectivity index (χ0) is 19.2. The first-order valence-corrected chi connectivity index (χ1v) is 10.5. The fourth-order valence-corrected chi connectivity index (χ4v) is 5.23. The molecule has 3 aromatic rings. The number of rotatable bonds is 3. The standard InChI is InChI=1S/C19H19N3O4S/c1-12-17-15(19(23)22(2)14-8-9-27(24,25)11-14)10-16(20-18(17)26-21-12)13-6-4-3-5-7-13/h3-7,10,14H,8-9,11H2,1-2H3. The van der Waals surface area contributed by atoms with Gasteiger partial charge in [-0.05, 0) is 19.4 Å². The van der Waals surface area contributed by atoms with E-state index in [-0.39, 0.29) is 23.5 Å². The summed E-state index contributed by atoms with van der Waals surface area (Å²) in [5.41, 5.74) is 2.76. The van der Waals surface area contributed by atoms with E-state index in [0.717, 1.165) is 5.56 Å². The van der Waals surface area contributed by atoms with Crippen molar-refractivity contribution in [3.8, 4) is 11.3 Å². The maximum absolute atomic E-state index is 13.2. The molecule has 4 rings (SSSR count). The molecule has 0 aliphatic carbocycles. The number of aromatic nitrogens is 2. The highest BCUT2D eigenvalue weighted by atomic mass is 32.2. The molecule has 1 atom stereocenters. The van der Waals surface area contributed by atoms with Crippen molar-refractivity contribution in [1.82, 2.24) is 15.0 Å². The van der Waals surface area contributed by atoms with Crippen molar-refractivity contribution >= 4 is 26.8 Å². The predicted octanol–water partition coefficient (Wildman–Crippen LogP) is 2.46. The molecule has 1 saturated heterocycles. The van der Waals surface area contributed by atoms with Crippen molar-refractivity contribution in [2.24, 2.45) is 0 Å². The van der Waals surface area contributed by atoms with Crippen molar-refractivity contribution in [1.29, 1.82) is 0 Å². The van der Waals surface area contributed by atoms with Gasteiger partial charge in [0, 0.05) is 18.7 Å². The van der Waals surface area contributed by atoms with Gasteiger partial charge in [0.1, 0.15) is 0 Å². The molecular weight excluding hydrogens is 366 g/mol. The van der Waals surface area contributed by atoms with Crippen LogP contribution in [0.15, 0.2) is 40.9 Å². The van der Waals surface area contributed by atoms with Crippen molar-refractivity contribution in [3.05, 3.63) is 47.7 Å². The second kappa shape index (κ2) is 6.45. The number of aryl methyl sites for hydroxylation is 1. The number of hydrogen-bond acceptors (Lipinski definition) is 6. The quantitative estimate of drug-likeness (QED) is 0.687. The summed E-state index contributed by atoms with van der Waals surface area (Å²) < 4.78 is 28.9. The van der Waals surface area contributed by atoms with Gasteiger partial charge in [0.25, 0.3) is 11.6 Å². The molecule has 2 aromatic heterocycles. The summed E-state index contributed by atoms with van der Waals surface area (Å²) in [6.45, 7) is 1.76. The van der Waals surface area contributed by atoms with Crippen LogP contribution in [0.2, 0.25) is 0 Å². The molecule has 8 heteroatoms. The minimum atomic E-state index is -3.08. The summed E-state index contributed by atoms with van der Waals surface area (Å²) in [5, 5.41) is 4.51. The smallest absolute Gasteiger partial charge is 0.259 e. The van der Waals surface area contributed by atoms with E-state index in [4.69, 9.17) is 4.52 Å². The van der Waals surface area contributed by atoms with E-state index in [1.165, 1.54) is 4.90 Å². The average molecular weight is 385 g/mol. The highest BCUT2D eigenvalue weighted by Crippen LogP contribution is 2.29. The van der Waals surface area contributed by atoms with Crippen LogP contribution in [0.3, 0.4) is 0 Å². The molecule has 1 amide bonds. The predicted molar refractivity (Wildman–Crippen MR) is 101 cm³/mol. The summed E-state index contributed by atoms with van der Waals surface area (Å²) in [7, 11) is -1.44. The second-order valence-electron chi connectivity index (χ2n) is 6.84. The third kappa shape index (κ3) is 3.21. The highest BCUT2D eigenvalue weighted by molar-refractivity contribution is 7.91. The summed E-state index contributed by atoms with van der Waals surface area (Å²) in [6, 6.07) is 10.9. The first-order valence-electron chi connectivity index (χ1n) is 8.66. The van der Waals surface area contributed by atoms with Crippen LogP contribution in [-0.4, -0.2) is 54.0 Å². The number of amides is 1. The van der Waals surface area contributed by atoms with Crippen LogP contribution in [0.5, 0.6) is 0 Å². The van der Waals surface area contributed by atoms with Gasteiger partial charge in [-0.15, -0.1) is 0 Å². The third-order valence-corrected chi connectivity index (χ3v) is 6.74. The van der Waals surface area contributed by atoms with Crippen molar-refractivity contribution < 1.29 is 17.7 Å². The summed E-state index contributed by atoms with van der Waals surface area (Å²) in [5.74, 6) is -0.145. The molecule has 1 aliphatic heterocycles. The lowest BCUT2D eigenvalue weighted by Crippen LogP contribution is -2.38. The SMILES string of the molecule is Cc1noc2nc(-c3ccccc3)cc(C(=O)N(C)C3CCS(=O)(=O)C3)c12. The Hall–Kier alpha value is -2.74. The number of carbonyl (C=O) groups is 1. The zero-order valence-electron chi connectivity index (χ0n) is 15.0. The normalized spacial score (nSPS) is 18.7. The molecule has 0 N–H and O–H groups in total. The minimum absolute atomic E-state index is 0.00235. The first-order chi connectivity index (χ1) is 12.9. The molecule has 0 bridgehead atoms. The Balaban J connectivity index is 1.80. The van der Waals surface area contributed by atoms with Gasteiger partial charge >= 0.3 is 0 Å². The van der Waals surface area contributed by atoms with E-state index in [9.17, 15) is 13.2 Å². The molecule has 140 valence electrons. The number of pyridine rings is 1. The molecule has 0 saturated carbocycles. The van der Waals surface area contributed by atoms with Crippen LogP contribution in [0.4, 0.5) is 0 Å². The number of fused-ring (bicyclic) bond motifs is 1. The Bertz CT molecular complexity index is 1120. The van der Waals surface area contributed by atoms with E-state index >= 15 is 0 Å². The molecule has 0 radical (unpaired) electrons. The Kier molecular flexibility index (Phi) is 4.22. The fraction of sp³-hybridized carbons (Fsp3) is 0.316. The van der Waals surface area contributed by atoms with E-state index in [2.05, 4.69) is 10.1 Å². The van der Waals surface area contributed by atoms with Crippen LogP contribution in [0, 0.1) is 6.92 Å². The molecule has 3 heterocycles. The van der Waals surface area contributed by atoms with Gasteiger partial charge in [-0.1, -0.05) is 35.5 Å². The van der Waals surface area contributed by atoms with Crippen molar-refractivity contribution in [3.63, 3.8) is 0 Å². The fourth-order valence-electron chi connectivity index (χ4n) is 3.46. The van der Waals surface area contributed by atoms with Gasteiger partial charge in [-0.25, -0.2) is 13.4 Å². The molecular formula is C19H19N3O4S. The molecule has 1 fully saturated rings. The van der Waals surface area contributed by atoms with E-state index in [0.29, 0.717) is 34.5 Å². The molecule has 7 nitrogen and oxygen atoms in total. The number of hydrogen-bond donors (Lipinski definition) is 0.